The molecule has 0 rings (SSSR count). The van der Waals surface area contributed by atoms with Crippen molar-refractivity contribution in [3.05, 3.63) is 0 Å². The quantitative estimate of drug-likeness (QED) is 0.183. The minimum atomic E-state index is 0.667. The van der Waals surface area contributed by atoms with Gasteiger partial charge in [0.05, 0.1) is 0 Å². The maximum absolute atomic E-state index is 5.32. The second kappa shape index (κ2) is 11.3. The van der Waals surface area contributed by atoms with Crippen LogP contribution in [0, 0.1) is 0 Å². The van der Waals surface area contributed by atoms with E-state index in [1.165, 1.54) is 0 Å². The van der Waals surface area contributed by atoms with Gasteiger partial charge in [0.1, 0.15) is 0 Å². The average Bonchev–Trinajstić information content (AvgIpc) is 2.26. The number of rotatable bonds is 8. The molecule has 0 atom stereocenters. The molecule has 0 saturated carbocycles. The second-order valence-corrected chi connectivity index (χ2v) is 3.21. The molecule has 0 spiro atoms. The molecule has 5 heteroatoms. The summed E-state index contributed by atoms with van der Waals surface area (Å²) < 4.78 is 5.21. The first kappa shape index (κ1) is 14.2. The number of aliphatic imine (C=N–C) groups is 1. The first-order chi connectivity index (χ1) is 7.35. The number of hydrogen-bond acceptors (Lipinski definition) is 3. The van der Waals surface area contributed by atoms with E-state index < -0.39 is 0 Å². The fraction of sp³-hybridized carbons (Fsp3) is 0.900. The summed E-state index contributed by atoms with van der Waals surface area (Å²) in [6, 6.07) is 0. The molecule has 0 aliphatic rings. The predicted molar refractivity (Wildman–Crippen MR) is 63.6 cm³/mol. The molecule has 0 aromatic heterocycles. The van der Waals surface area contributed by atoms with E-state index in [0.717, 1.165) is 45.6 Å². The van der Waals surface area contributed by atoms with Gasteiger partial charge in [-0.3, -0.25) is 10.4 Å². The van der Waals surface area contributed by atoms with Gasteiger partial charge in [0.25, 0.3) is 0 Å². The number of nitrogens with zero attached hydrogens (tertiary/aromatic N) is 1. The predicted octanol–water partition coefficient (Wildman–Crippen LogP) is 0.622. The van der Waals surface area contributed by atoms with Crippen LogP contribution in [0.3, 0.4) is 0 Å². The lowest BCUT2D eigenvalue weighted by Gasteiger charge is -2.08. The smallest absolute Gasteiger partial charge is 0.205 e. The summed E-state index contributed by atoms with van der Waals surface area (Å²) in [6.07, 6.45) is 3.21. The SMILES string of the molecule is CCCCNC(=NCCCOCC)NN. The van der Waals surface area contributed by atoms with Crippen LogP contribution in [0.15, 0.2) is 4.99 Å². The molecule has 0 aliphatic heterocycles. The Bertz CT molecular complexity index is 162. The number of nitrogens with one attached hydrogen (secondary N) is 2. The van der Waals surface area contributed by atoms with Crippen molar-refractivity contribution in [1.82, 2.24) is 10.7 Å². The van der Waals surface area contributed by atoms with Crippen molar-refractivity contribution in [2.24, 2.45) is 10.8 Å². The Balaban J connectivity index is 3.50. The van der Waals surface area contributed by atoms with Gasteiger partial charge in [-0.1, -0.05) is 13.3 Å². The first-order valence-corrected chi connectivity index (χ1v) is 5.67. The van der Waals surface area contributed by atoms with Crippen LogP contribution in [0.2, 0.25) is 0 Å². The molecule has 0 amide bonds. The van der Waals surface area contributed by atoms with Crippen LogP contribution in [0.4, 0.5) is 0 Å². The summed E-state index contributed by atoms with van der Waals surface area (Å²) in [7, 11) is 0. The molecule has 90 valence electrons. The Morgan fingerprint density at radius 3 is 2.73 bits per heavy atom. The molecule has 0 bridgehead atoms. The van der Waals surface area contributed by atoms with Crippen LogP contribution in [-0.2, 0) is 4.74 Å². The van der Waals surface area contributed by atoms with Crippen LogP contribution in [0.5, 0.6) is 0 Å². The largest absolute Gasteiger partial charge is 0.382 e. The van der Waals surface area contributed by atoms with Crippen LogP contribution < -0.4 is 16.6 Å². The maximum atomic E-state index is 5.32. The lowest BCUT2D eigenvalue weighted by Crippen LogP contribution is -2.42. The summed E-state index contributed by atoms with van der Waals surface area (Å²) in [6.45, 7) is 7.30. The topological polar surface area (TPSA) is 71.7 Å². The van der Waals surface area contributed by atoms with Gasteiger partial charge in [-0.25, -0.2) is 5.84 Å². The normalized spacial score (nSPS) is 11.5. The van der Waals surface area contributed by atoms with Crippen molar-refractivity contribution >= 4 is 5.96 Å². The van der Waals surface area contributed by atoms with E-state index in [2.05, 4.69) is 22.7 Å². The highest BCUT2D eigenvalue weighted by Gasteiger charge is 1.93. The summed E-state index contributed by atoms with van der Waals surface area (Å²) >= 11 is 0. The maximum Gasteiger partial charge on any atom is 0.205 e. The average molecular weight is 216 g/mol. The number of nitrogens with two attached hydrogens (primary N) is 1. The molecular weight excluding hydrogens is 192 g/mol. The number of ether oxygens (including phenoxy) is 1. The van der Waals surface area contributed by atoms with Crippen LogP contribution in [-0.4, -0.2) is 32.3 Å². The standard InChI is InChI=1S/C10H24N4O/c1-3-5-7-12-10(14-11)13-8-6-9-15-4-2/h3-9,11H2,1-2H3,(H2,12,13,14). The Morgan fingerprint density at radius 2 is 2.13 bits per heavy atom. The number of hydrogen-bond donors (Lipinski definition) is 3. The number of guanidine groups is 1. The van der Waals surface area contributed by atoms with Gasteiger partial charge < -0.3 is 10.1 Å². The van der Waals surface area contributed by atoms with Gasteiger partial charge in [-0.2, -0.15) is 0 Å². The van der Waals surface area contributed by atoms with E-state index in [4.69, 9.17) is 10.6 Å². The van der Waals surface area contributed by atoms with Crippen molar-refractivity contribution in [2.75, 3.05) is 26.3 Å². The van der Waals surface area contributed by atoms with Gasteiger partial charge in [0.15, 0.2) is 0 Å². The van der Waals surface area contributed by atoms with Crippen molar-refractivity contribution in [3.63, 3.8) is 0 Å². The van der Waals surface area contributed by atoms with Crippen LogP contribution >= 0.6 is 0 Å². The van der Waals surface area contributed by atoms with Crippen molar-refractivity contribution < 1.29 is 4.74 Å². The van der Waals surface area contributed by atoms with Gasteiger partial charge in [0, 0.05) is 26.3 Å². The molecule has 0 saturated heterocycles. The third-order valence-electron chi connectivity index (χ3n) is 1.88. The molecule has 0 aromatic carbocycles. The highest BCUT2D eigenvalue weighted by molar-refractivity contribution is 5.79. The molecule has 5 nitrogen and oxygen atoms in total. The molecular formula is C10H24N4O. The zero-order valence-corrected chi connectivity index (χ0v) is 9.88. The van der Waals surface area contributed by atoms with E-state index in [-0.39, 0.29) is 0 Å². The van der Waals surface area contributed by atoms with Gasteiger partial charge in [-0.15, -0.1) is 0 Å². The zero-order chi connectivity index (χ0) is 11.4. The molecule has 0 aromatic rings. The third-order valence-corrected chi connectivity index (χ3v) is 1.88. The fourth-order valence-electron chi connectivity index (χ4n) is 1.04. The van der Waals surface area contributed by atoms with Crippen LogP contribution in [0.1, 0.15) is 33.1 Å². The summed E-state index contributed by atoms with van der Waals surface area (Å²) in [5, 5.41) is 3.13. The van der Waals surface area contributed by atoms with E-state index in [1.54, 1.807) is 0 Å². The first-order valence-electron chi connectivity index (χ1n) is 5.67. The summed E-state index contributed by atoms with van der Waals surface area (Å²) in [5.41, 5.74) is 2.55. The molecule has 15 heavy (non-hydrogen) atoms. The van der Waals surface area contributed by atoms with Crippen molar-refractivity contribution in [1.29, 1.82) is 0 Å². The summed E-state index contributed by atoms with van der Waals surface area (Å²) in [5.74, 6) is 5.99. The van der Waals surface area contributed by atoms with E-state index in [1.807, 2.05) is 6.92 Å². The minimum absolute atomic E-state index is 0.667. The van der Waals surface area contributed by atoms with Gasteiger partial charge in [-0.05, 0) is 19.8 Å². The number of hydrazine groups is 1. The van der Waals surface area contributed by atoms with Crippen molar-refractivity contribution in [3.8, 4) is 0 Å². The van der Waals surface area contributed by atoms with Crippen molar-refractivity contribution in [2.45, 2.75) is 33.1 Å². The second-order valence-electron chi connectivity index (χ2n) is 3.21. The molecule has 0 radical (unpaired) electrons. The Labute approximate surface area is 92.4 Å². The molecule has 0 heterocycles. The lowest BCUT2D eigenvalue weighted by molar-refractivity contribution is 0.146. The van der Waals surface area contributed by atoms with E-state index >= 15 is 0 Å². The van der Waals surface area contributed by atoms with Gasteiger partial charge >= 0.3 is 0 Å². The molecule has 0 aliphatic carbocycles. The highest BCUT2D eigenvalue weighted by Crippen LogP contribution is 1.85. The lowest BCUT2D eigenvalue weighted by atomic mass is 10.3. The highest BCUT2D eigenvalue weighted by atomic mass is 16.5. The minimum Gasteiger partial charge on any atom is -0.382 e. The van der Waals surface area contributed by atoms with E-state index in [9.17, 15) is 0 Å². The summed E-state index contributed by atoms with van der Waals surface area (Å²) in [4.78, 5) is 4.28. The molecule has 4 N–H and O–H groups in total. The Hall–Kier alpha value is -0.810. The number of unbranched alkanes of at least 4 members (excludes halogenated alkanes) is 1. The monoisotopic (exact) mass is 216 g/mol. The Kier molecular flexibility index (Phi) is 10.7. The molecule has 0 unspecified atom stereocenters. The Morgan fingerprint density at radius 1 is 1.33 bits per heavy atom. The molecule has 0 fully saturated rings. The zero-order valence-electron chi connectivity index (χ0n) is 9.88. The fourth-order valence-corrected chi connectivity index (χ4v) is 1.04. The third kappa shape index (κ3) is 9.49. The van der Waals surface area contributed by atoms with E-state index in [0.29, 0.717) is 5.96 Å². The van der Waals surface area contributed by atoms with Gasteiger partial charge in [0.2, 0.25) is 5.96 Å². The van der Waals surface area contributed by atoms with Crippen LogP contribution in [0.25, 0.3) is 0 Å².